The lowest BCUT2D eigenvalue weighted by atomic mass is 10.0. The number of rotatable bonds is 6. The minimum absolute atomic E-state index is 0.0397. The summed E-state index contributed by atoms with van der Waals surface area (Å²) < 4.78 is 0. The zero-order valence-electron chi connectivity index (χ0n) is 10.7. The Labute approximate surface area is 112 Å². The van der Waals surface area contributed by atoms with E-state index in [1.165, 1.54) is 0 Å². The molecule has 1 fully saturated rings. The van der Waals surface area contributed by atoms with Crippen LogP contribution >= 0.6 is 0 Å². The molecule has 1 atom stereocenters. The van der Waals surface area contributed by atoms with Gasteiger partial charge in [0.25, 0.3) is 0 Å². The molecule has 1 aromatic carbocycles. The zero-order valence-corrected chi connectivity index (χ0v) is 10.7. The van der Waals surface area contributed by atoms with E-state index < -0.39 is 5.97 Å². The van der Waals surface area contributed by atoms with Gasteiger partial charge in [0, 0.05) is 25.6 Å². The third kappa shape index (κ3) is 4.06. The fourth-order valence-corrected chi connectivity index (χ4v) is 2.28. The van der Waals surface area contributed by atoms with Crippen LogP contribution in [0.15, 0.2) is 24.3 Å². The van der Waals surface area contributed by atoms with Gasteiger partial charge in [-0.15, -0.1) is 0 Å². The van der Waals surface area contributed by atoms with Crippen molar-refractivity contribution in [1.29, 1.82) is 0 Å². The highest BCUT2D eigenvalue weighted by molar-refractivity contribution is 5.78. The number of amides is 1. The molecule has 1 heterocycles. The average Bonchev–Trinajstić information content (AvgIpc) is 2.77. The van der Waals surface area contributed by atoms with Crippen molar-refractivity contribution >= 4 is 11.9 Å². The van der Waals surface area contributed by atoms with Crippen molar-refractivity contribution in [1.82, 2.24) is 10.6 Å². The van der Waals surface area contributed by atoms with Crippen LogP contribution in [0.4, 0.5) is 0 Å². The average molecular weight is 262 g/mol. The summed E-state index contributed by atoms with van der Waals surface area (Å²) in [6.45, 7) is 1.34. The largest absolute Gasteiger partial charge is 0.481 e. The summed E-state index contributed by atoms with van der Waals surface area (Å²) in [7, 11) is 0. The normalized spacial score (nSPS) is 18.3. The quantitative estimate of drug-likeness (QED) is 0.704. The van der Waals surface area contributed by atoms with Crippen LogP contribution in [0.5, 0.6) is 0 Å². The van der Waals surface area contributed by atoms with Gasteiger partial charge in [-0.1, -0.05) is 24.3 Å². The molecule has 0 radical (unpaired) electrons. The highest BCUT2D eigenvalue weighted by atomic mass is 16.4. The molecule has 0 aliphatic carbocycles. The van der Waals surface area contributed by atoms with Crippen LogP contribution in [-0.4, -0.2) is 29.6 Å². The summed E-state index contributed by atoms with van der Waals surface area (Å²) >= 11 is 0. The Bertz CT molecular complexity index is 474. The molecule has 1 saturated heterocycles. The summed E-state index contributed by atoms with van der Waals surface area (Å²) in [6, 6.07) is 7.71. The van der Waals surface area contributed by atoms with Crippen LogP contribution in [0.2, 0.25) is 0 Å². The van der Waals surface area contributed by atoms with Crippen LogP contribution in [0.25, 0.3) is 0 Å². The van der Waals surface area contributed by atoms with Crippen molar-refractivity contribution in [3.8, 4) is 0 Å². The summed E-state index contributed by atoms with van der Waals surface area (Å²) in [5, 5.41) is 15.0. The molecule has 1 aliphatic heterocycles. The molecule has 0 saturated carbocycles. The summed E-state index contributed by atoms with van der Waals surface area (Å²) in [5.74, 6) is -0.714. The van der Waals surface area contributed by atoms with Gasteiger partial charge in [0.15, 0.2) is 0 Å². The molecular weight excluding hydrogens is 244 g/mol. The Balaban J connectivity index is 1.85. The molecular formula is C14H18N2O3. The molecule has 0 bridgehead atoms. The third-order valence-corrected chi connectivity index (χ3v) is 3.25. The number of carboxylic acid groups (broad SMARTS) is 1. The van der Waals surface area contributed by atoms with Gasteiger partial charge in [-0.05, 0) is 17.5 Å². The van der Waals surface area contributed by atoms with Gasteiger partial charge in [0.2, 0.25) is 5.91 Å². The van der Waals surface area contributed by atoms with Crippen molar-refractivity contribution in [3.05, 3.63) is 35.4 Å². The van der Waals surface area contributed by atoms with Crippen LogP contribution in [0.3, 0.4) is 0 Å². The maximum atomic E-state index is 11.1. The van der Waals surface area contributed by atoms with Gasteiger partial charge >= 0.3 is 5.97 Å². The SMILES string of the molecule is O=C(O)Cc1ccccc1CNCC1CCC(=O)N1. The van der Waals surface area contributed by atoms with E-state index >= 15 is 0 Å². The van der Waals surface area contributed by atoms with E-state index in [0.29, 0.717) is 19.5 Å². The molecule has 0 spiro atoms. The molecule has 1 amide bonds. The van der Waals surface area contributed by atoms with E-state index in [2.05, 4.69) is 10.6 Å². The van der Waals surface area contributed by atoms with Crippen LogP contribution in [0, 0.1) is 0 Å². The summed E-state index contributed by atoms with van der Waals surface area (Å²) in [4.78, 5) is 21.8. The van der Waals surface area contributed by atoms with Crippen molar-refractivity contribution < 1.29 is 14.7 Å². The maximum absolute atomic E-state index is 11.1. The predicted molar refractivity (Wildman–Crippen MR) is 70.7 cm³/mol. The second-order valence-electron chi connectivity index (χ2n) is 4.77. The molecule has 1 unspecified atom stereocenters. The van der Waals surface area contributed by atoms with Crippen LogP contribution in [0.1, 0.15) is 24.0 Å². The number of carboxylic acids is 1. The predicted octanol–water partition coefficient (Wildman–Crippen LogP) is 0.682. The van der Waals surface area contributed by atoms with E-state index in [1.807, 2.05) is 24.3 Å². The van der Waals surface area contributed by atoms with Gasteiger partial charge in [-0.25, -0.2) is 0 Å². The first-order valence-electron chi connectivity index (χ1n) is 6.44. The first-order valence-corrected chi connectivity index (χ1v) is 6.44. The van der Waals surface area contributed by atoms with Gasteiger partial charge in [0.1, 0.15) is 0 Å². The van der Waals surface area contributed by atoms with Crippen molar-refractivity contribution in [3.63, 3.8) is 0 Å². The van der Waals surface area contributed by atoms with Crippen LogP contribution < -0.4 is 10.6 Å². The lowest BCUT2D eigenvalue weighted by molar-refractivity contribution is -0.136. The smallest absolute Gasteiger partial charge is 0.307 e. The number of carbonyl (C=O) groups is 2. The number of benzene rings is 1. The first kappa shape index (κ1) is 13.5. The number of hydrogen-bond donors (Lipinski definition) is 3. The maximum Gasteiger partial charge on any atom is 0.307 e. The van der Waals surface area contributed by atoms with E-state index in [4.69, 9.17) is 5.11 Å². The lowest BCUT2D eigenvalue weighted by Crippen LogP contribution is -2.35. The molecule has 0 aromatic heterocycles. The van der Waals surface area contributed by atoms with E-state index in [9.17, 15) is 9.59 Å². The van der Waals surface area contributed by atoms with E-state index in [-0.39, 0.29) is 18.4 Å². The molecule has 19 heavy (non-hydrogen) atoms. The number of nitrogens with one attached hydrogen (secondary N) is 2. The molecule has 102 valence electrons. The van der Waals surface area contributed by atoms with Crippen LogP contribution in [-0.2, 0) is 22.6 Å². The molecule has 5 nitrogen and oxygen atoms in total. The number of hydrogen-bond acceptors (Lipinski definition) is 3. The fourth-order valence-electron chi connectivity index (χ4n) is 2.28. The Morgan fingerprint density at radius 3 is 2.74 bits per heavy atom. The second kappa shape index (κ2) is 6.33. The van der Waals surface area contributed by atoms with Gasteiger partial charge in [-0.2, -0.15) is 0 Å². The summed E-state index contributed by atoms with van der Waals surface area (Å²) in [5.41, 5.74) is 1.83. The van der Waals surface area contributed by atoms with Gasteiger partial charge in [0.05, 0.1) is 6.42 Å². The van der Waals surface area contributed by atoms with Crippen molar-refractivity contribution in [2.24, 2.45) is 0 Å². The van der Waals surface area contributed by atoms with Crippen molar-refractivity contribution in [2.75, 3.05) is 6.54 Å². The highest BCUT2D eigenvalue weighted by Gasteiger charge is 2.19. The monoisotopic (exact) mass is 262 g/mol. The zero-order chi connectivity index (χ0) is 13.7. The number of aliphatic carboxylic acids is 1. The Morgan fingerprint density at radius 2 is 2.11 bits per heavy atom. The molecule has 1 aliphatic rings. The van der Waals surface area contributed by atoms with Gasteiger partial charge in [-0.3, -0.25) is 9.59 Å². The second-order valence-corrected chi connectivity index (χ2v) is 4.77. The van der Waals surface area contributed by atoms with E-state index in [1.54, 1.807) is 0 Å². The van der Waals surface area contributed by atoms with E-state index in [0.717, 1.165) is 17.5 Å². The van der Waals surface area contributed by atoms with Crippen molar-refractivity contribution in [2.45, 2.75) is 31.8 Å². The molecule has 1 aromatic rings. The minimum atomic E-state index is -0.824. The topological polar surface area (TPSA) is 78.4 Å². The van der Waals surface area contributed by atoms with Gasteiger partial charge < -0.3 is 15.7 Å². The third-order valence-electron chi connectivity index (χ3n) is 3.25. The Morgan fingerprint density at radius 1 is 1.37 bits per heavy atom. The lowest BCUT2D eigenvalue weighted by Gasteiger charge is -2.13. The number of carbonyl (C=O) groups excluding carboxylic acids is 1. The molecule has 2 rings (SSSR count). The fraction of sp³-hybridized carbons (Fsp3) is 0.429. The molecule has 3 N–H and O–H groups in total. The first-order chi connectivity index (χ1) is 9.15. The standard InChI is InChI=1S/C14H18N2O3/c17-13-6-5-12(16-13)9-15-8-11-4-2-1-3-10(11)7-14(18)19/h1-4,12,15H,5-9H2,(H,16,17)(H,18,19). The Hall–Kier alpha value is -1.88. The minimum Gasteiger partial charge on any atom is -0.481 e. The Kier molecular flexibility index (Phi) is 4.52. The molecule has 5 heteroatoms. The summed E-state index contributed by atoms with van der Waals surface area (Å²) in [6.07, 6.45) is 1.50. The highest BCUT2D eigenvalue weighted by Crippen LogP contribution is 2.10.